The van der Waals surface area contributed by atoms with E-state index in [0.717, 1.165) is 6.20 Å². The highest BCUT2D eigenvalue weighted by Gasteiger charge is 2.39. The standard InChI is InChI=1S/C20H25F4N5O3S/c1-10-7-11(5-6-29(10)18(31)32-19(2,3)4)26-17-25-8-12(21)14(28-17)15-16(20(22,23)24)27-13(9-30)33-15/h8,10-11,30H,5-7,9H2,1-4H3,(H,25,26,28). The number of piperidine rings is 1. The molecule has 1 aliphatic heterocycles. The first-order chi connectivity index (χ1) is 15.3. The van der Waals surface area contributed by atoms with Gasteiger partial charge in [-0.25, -0.2) is 24.1 Å². The van der Waals surface area contributed by atoms with Gasteiger partial charge in [0.2, 0.25) is 5.95 Å². The number of nitrogens with one attached hydrogen (secondary N) is 1. The Kier molecular flexibility index (Phi) is 7.13. The van der Waals surface area contributed by atoms with Crippen LogP contribution in [-0.2, 0) is 17.5 Å². The van der Waals surface area contributed by atoms with Crippen LogP contribution in [0.2, 0.25) is 0 Å². The summed E-state index contributed by atoms with van der Waals surface area (Å²) in [5.74, 6) is -1.08. The van der Waals surface area contributed by atoms with Gasteiger partial charge in [-0.15, -0.1) is 11.3 Å². The summed E-state index contributed by atoms with van der Waals surface area (Å²) in [7, 11) is 0. The number of amides is 1. The van der Waals surface area contributed by atoms with E-state index >= 15 is 0 Å². The average Bonchev–Trinajstić information content (AvgIpc) is 3.13. The topological polar surface area (TPSA) is 100 Å². The Morgan fingerprint density at radius 1 is 1.33 bits per heavy atom. The Morgan fingerprint density at radius 3 is 2.61 bits per heavy atom. The summed E-state index contributed by atoms with van der Waals surface area (Å²) >= 11 is 0.519. The van der Waals surface area contributed by atoms with Crippen molar-refractivity contribution in [2.75, 3.05) is 11.9 Å². The summed E-state index contributed by atoms with van der Waals surface area (Å²) in [6.07, 6.45) is -3.43. The quantitative estimate of drug-likeness (QED) is 0.610. The van der Waals surface area contributed by atoms with Gasteiger partial charge in [0.1, 0.15) is 16.3 Å². The number of aliphatic hydroxyl groups excluding tert-OH is 1. The number of aromatic nitrogens is 3. The summed E-state index contributed by atoms with van der Waals surface area (Å²) in [6, 6.07) is -0.356. The first kappa shape index (κ1) is 25.1. The largest absolute Gasteiger partial charge is 0.444 e. The van der Waals surface area contributed by atoms with Crippen LogP contribution in [0.4, 0.5) is 28.3 Å². The monoisotopic (exact) mass is 491 g/mol. The van der Waals surface area contributed by atoms with E-state index in [1.54, 1.807) is 25.7 Å². The lowest BCUT2D eigenvalue weighted by molar-refractivity contribution is -0.140. The number of ether oxygens (including phenoxy) is 1. The van der Waals surface area contributed by atoms with E-state index in [0.29, 0.717) is 30.7 Å². The van der Waals surface area contributed by atoms with E-state index in [2.05, 4.69) is 20.3 Å². The zero-order valence-electron chi connectivity index (χ0n) is 18.5. The van der Waals surface area contributed by atoms with Crippen molar-refractivity contribution < 1.29 is 32.2 Å². The number of hydrogen-bond acceptors (Lipinski definition) is 8. The number of carbonyl (C=O) groups excluding carboxylic acids is 1. The van der Waals surface area contributed by atoms with Crippen molar-refractivity contribution in [3.63, 3.8) is 0 Å². The molecule has 3 heterocycles. The molecule has 0 saturated carbocycles. The second-order valence-corrected chi connectivity index (χ2v) is 9.80. The fourth-order valence-electron chi connectivity index (χ4n) is 3.46. The number of carbonyl (C=O) groups is 1. The summed E-state index contributed by atoms with van der Waals surface area (Å²) in [6.45, 7) is 6.89. The van der Waals surface area contributed by atoms with Crippen LogP contribution in [0.3, 0.4) is 0 Å². The van der Waals surface area contributed by atoms with E-state index in [1.807, 2.05) is 6.92 Å². The Balaban J connectivity index is 1.77. The predicted molar refractivity (Wildman–Crippen MR) is 113 cm³/mol. The number of thiazole rings is 1. The molecule has 2 aromatic rings. The van der Waals surface area contributed by atoms with Crippen LogP contribution >= 0.6 is 11.3 Å². The highest BCUT2D eigenvalue weighted by atomic mass is 32.1. The fraction of sp³-hybridized carbons (Fsp3) is 0.600. The smallest absolute Gasteiger partial charge is 0.434 e. The molecule has 2 N–H and O–H groups in total. The van der Waals surface area contributed by atoms with Crippen molar-refractivity contribution in [3.05, 3.63) is 22.7 Å². The lowest BCUT2D eigenvalue weighted by atomic mass is 9.99. The molecule has 1 saturated heterocycles. The number of likely N-dealkylation sites (tertiary alicyclic amines) is 1. The Bertz CT molecular complexity index is 1010. The molecular weight excluding hydrogens is 466 g/mol. The number of aliphatic hydroxyl groups is 1. The first-order valence-corrected chi connectivity index (χ1v) is 11.1. The summed E-state index contributed by atoms with van der Waals surface area (Å²) < 4.78 is 59.9. The zero-order valence-corrected chi connectivity index (χ0v) is 19.3. The third-order valence-electron chi connectivity index (χ3n) is 4.87. The van der Waals surface area contributed by atoms with E-state index in [1.165, 1.54) is 0 Å². The Labute approximate surface area is 192 Å². The van der Waals surface area contributed by atoms with Gasteiger partial charge in [0.15, 0.2) is 11.5 Å². The SMILES string of the molecule is CC1CC(Nc2ncc(F)c(-c3sc(CO)nc3C(F)(F)F)n2)CCN1C(=O)OC(C)(C)C. The molecule has 0 bridgehead atoms. The second kappa shape index (κ2) is 9.37. The van der Waals surface area contributed by atoms with Crippen molar-refractivity contribution in [2.45, 2.75) is 71.0 Å². The molecule has 1 amide bonds. The number of rotatable bonds is 4. The van der Waals surface area contributed by atoms with Gasteiger partial charge in [-0.2, -0.15) is 13.2 Å². The van der Waals surface area contributed by atoms with Crippen LogP contribution in [0.25, 0.3) is 10.6 Å². The molecule has 0 spiro atoms. The predicted octanol–water partition coefficient (Wildman–Crippen LogP) is 4.45. The van der Waals surface area contributed by atoms with Crippen LogP contribution in [0.1, 0.15) is 51.2 Å². The van der Waals surface area contributed by atoms with E-state index < -0.39 is 46.6 Å². The molecule has 0 aromatic carbocycles. The van der Waals surface area contributed by atoms with Crippen molar-refractivity contribution >= 4 is 23.4 Å². The lowest BCUT2D eigenvalue weighted by Gasteiger charge is -2.38. The Morgan fingerprint density at radius 2 is 2.03 bits per heavy atom. The molecular formula is C20H25F4N5O3S. The number of nitrogens with zero attached hydrogens (tertiary/aromatic N) is 4. The van der Waals surface area contributed by atoms with Crippen LogP contribution < -0.4 is 5.32 Å². The third kappa shape index (κ3) is 6.08. The highest BCUT2D eigenvalue weighted by Crippen LogP contribution is 2.40. The normalized spacial score (nSPS) is 19.5. The summed E-state index contributed by atoms with van der Waals surface area (Å²) in [4.78, 5) is 24.7. The first-order valence-electron chi connectivity index (χ1n) is 10.3. The molecule has 2 aromatic heterocycles. The molecule has 2 unspecified atom stereocenters. The van der Waals surface area contributed by atoms with E-state index in [9.17, 15) is 27.5 Å². The number of anilines is 1. The minimum atomic E-state index is -4.84. The molecule has 33 heavy (non-hydrogen) atoms. The molecule has 2 atom stereocenters. The van der Waals surface area contributed by atoms with Crippen molar-refractivity contribution in [1.29, 1.82) is 0 Å². The van der Waals surface area contributed by atoms with Crippen LogP contribution in [-0.4, -0.2) is 55.3 Å². The molecule has 13 heteroatoms. The van der Waals surface area contributed by atoms with Crippen molar-refractivity contribution in [1.82, 2.24) is 19.9 Å². The highest BCUT2D eigenvalue weighted by molar-refractivity contribution is 7.15. The third-order valence-corrected chi connectivity index (χ3v) is 5.92. The summed E-state index contributed by atoms with van der Waals surface area (Å²) in [5.41, 5.74) is -2.47. The zero-order chi connectivity index (χ0) is 24.6. The second-order valence-electron chi connectivity index (χ2n) is 8.72. The molecule has 182 valence electrons. The van der Waals surface area contributed by atoms with Gasteiger partial charge < -0.3 is 20.1 Å². The van der Waals surface area contributed by atoms with Gasteiger partial charge in [-0.1, -0.05) is 0 Å². The molecule has 8 nitrogen and oxygen atoms in total. The lowest BCUT2D eigenvalue weighted by Crippen LogP contribution is -2.49. The number of hydrogen-bond donors (Lipinski definition) is 2. The molecule has 1 aliphatic rings. The van der Waals surface area contributed by atoms with E-state index in [4.69, 9.17) is 4.74 Å². The molecule has 1 fully saturated rings. The van der Waals surface area contributed by atoms with Crippen LogP contribution in [0, 0.1) is 5.82 Å². The number of alkyl halides is 3. The van der Waals surface area contributed by atoms with Crippen LogP contribution in [0.5, 0.6) is 0 Å². The minimum absolute atomic E-state index is 0.0404. The maximum atomic E-state index is 14.4. The molecule has 0 aliphatic carbocycles. The van der Waals surface area contributed by atoms with Gasteiger partial charge in [0.25, 0.3) is 0 Å². The van der Waals surface area contributed by atoms with Crippen LogP contribution in [0.15, 0.2) is 6.20 Å². The van der Waals surface area contributed by atoms with Gasteiger partial charge >= 0.3 is 12.3 Å². The average molecular weight is 492 g/mol. The fourth-order valence-corrected chi connectivity index (χ4v) is 4.39. The maximum absolute atomic E-state index is 14.4. The van der Waals surface area contributed by atoms with Crippen molar-refractivity contribution in [2.24, 2.45) is 0 Å². The molecule has 3 rings (SSSR count). The maximum Gasteiger partial charge on any atom is 0.434 e. The van der Waals surface area contributed by atoms with Crippen molar-refractivity contribution in [3.8, 4) is 10.6 Å². The Hall–Kier alpha value is -2.54. The number of halogens is 4. The van der Waals surface area contributed by atoms with Gasteiger partial charge in [0.05, 0.1) is 17.7 Å². The molecule has 0 radical (unpaired) electrons. The summed E-state index contributed by atoms with van der Waals surface area (Å²) in [5, 5.41) is 12.0. The van der Waals surface area contributed by atoms with Gasteiger partial charge in [-0.3, -0.25) is 0 Å². The minimum Gasteiger partial charge on any atom is -0.444 e. The van der Waals surface area contributed by atoms with E-state index in [-0.39, 0.29) is 23.0 Å². The van der Waals surface area contributed by atoms with Gasteiger partial charge in [-0.05, 0) is 40.5 Å². The van der Waals surface area contributed by atoms with Gasteiger partial charge in [0, 0.05) is 18.6 Å².